The number of carboxylic acids is 1. The fraction of sp³-hybridized carbons (Fsp3) is 0.133. The monoisotopic (exact) mass is 513 g/mol. The first-order valence-corrected chi connectivity index (χ1v) is 12.2. The van der Waals surface area contributed by atoms with E-state index >= 15 is 0 Å². The molecule has 1 unspecified atom stereocenters. The van der Waals surface area contributed by atoms with Crippen molar-refractivity contribution in [3.63, 3.8) is 0 Å². The molecule has 1 aliphatic carbocycles. The molecule has 0 saturated carbocycles. The molecule has 6 nitrogen and oxygen atoms in total. The Hall–Kier alpha value is -4.29. The summed E-state index contributed by atoms with van der Waals surface area (Å²) in [4.78, 5) is 24.7. The number of carbonyl (C=O) groups is 2. The highest BCUT2D eigenvalue weighted by atomic mass is 35.5. The molecule has 37 heavy (non-hydrogen) atoms. The molecular weight excluding hydrogens is 490 g/mol. The number of aliphatic carboxylic acids is 1. The van der Waals surface area contributed by atoms with Crippen LogP contribution in [0.25, 0.3) is 11.1 Å². The molecule has 1 aliphatic rings. The van der Waals surface area contributed by atoms with Gasteiger partial charge in [0.2, 0.25) is 0 Å². The number of benzene rings is 4. The number of hydrogen-bond acceptors (Lipinski definition) is 4. The summed E-state index contributed by atoms with van der Waals surface area (Å²) in [5.74, 6) is -0.233. The largest absolute Gasteiger partial charge is 0.480 e. The normalized spacial score (nSPS) is 12.8. The maximum atomic E-state index is 12.7. The van der Waals surface area contributed by atoms with Crippen molar-refractivity contribution in [1.82, 2.24) is 5.32 Å². The van der Waals surface area contributed by atoms with Crippen LogP contribution in [0.1, 0.15) is 22.6 Å². The lowest BCUT2D eigenvalue weighted by Crippen LogP contribution is -2.43. The minimum atomic E-state index is -1.20. The van der Waals surface area contributed by atoms with Crippen LogP contribution in [-0.2, 0) is 16.0 Å². The van der Waals surface area contributed by atoms with E-state index in [1.165, 1.54) is 0 Å². The van der Waals surface area contributed by atoms with Crippen molar-refractivity contribution in [2.45, 2.75) is 18.4 Å². The minimum Gasteiger partial charge on any atom is -0.480 e. The summed E-state index contributed by atoms with van der Waals surface area (Å²) in [5.41, 5.74) is 5.03. The van der Waals surface area contributed by atoms with E-state index in [-0.39, 0.29) is 18.9 Å². The molecule has 5 rings (SSSR count). The molecule has 0 saturated heterocycles. The number of amides is 1. The van der Waals surface area contributed by atoms with Crippen LogP contribution in [0.2, 0.25) is 5.02 Å². The van der Waals surface area contributed by atoms with E-state index in [0.717, 1.165) is 22.3 Å². The van der Waals surface area contributed by atoms with Crippen molar-refractivity contribution in [3.8, 4) is 22.6 Å². The summed E-state index contributed by atoms with van der Waals surface area (Å²) >= 11 is 5.94. The minimum absolute atomic E-state index is 0.0172. The van der Waals surface area contributed by atoms with Crippen molar-refractivity contribution < 1.29 is 24.2 Å². The van der Waals surface area contributed by atoms with Gasteiger partial charge in [-0.25, -0.2) is 9.59 Å². The number of para-hydroxylation sites is 1. The Morgan fingerprint density at radius 2 is 1.43 bits per heavy atom. The first-order valence-electron chi connectivity index (χ1n) is 11.9. The molecular formula is C30H24ClNO5. The lowest BCUT2D eigenvalue weighted by atomic mass is 9.98. The Kier molecular flexibility index (Phi) is 7.10. The van der Waals surface area contributed by atoms with Crippen molar-refractivity contribution in [1.29, 1.82) is 0 Å². The van der Waals surface area contributed by atoms with E-state index in [0.29, 0.717) is 22.1 Å². The number of fused-ring (bicyclic) bond motifs is 3. The van der Waals surface area contributed by atoms with E-state index in [2.05, 4.69) is 17.4 Å². The molecule has 2 N–H and O–H groups in total. The second-order valence-corrected chi connectivity index (χ2v) is 9.16. The molecule has 186 valence electrons. The number of rotatable bonds is 8. The van der Waals surface area contributed by atoms with Crippen LogP contribution in [0.4, 0.5) is 4.79 Å². The average molecular weight is 514 g/mol. The average Bonchev–Trinajstić information content (AvgIpc) is 3.23. The van der Waals surface area contributed by atoms with Gasteiger partial charge in [0, 0.05) is 17.4 Å². The molecule has 4 aromatic rings. The molecule has 0 aromatic heterocycles. The van der Waals surface area contributed by atoms with Crippen LogP contribution in [0, 0.1) is 0 Å². The highest BCUT2D eigenvalue weighted by Gasteiger charge is 2.30. The van der Waals surface area contributed by atoms with E-state index in [1.807, 2.05) is 36.4 Å². The quantitative estimate of drug-likeness (QED) is 0.275. The molecule has 0 fully saturated rings. The van der Waals surface area contributed by atoms with Crippen molar-refractivity contribution in [2.24, 2.45) is 0 Å². The summed E-state index contributed by atoms with van der Waals surface area (Å²) in [7, 11) is 0. The van der Waals surface area contributed by atoms with E-state index in [4.69, 9.17) is 21.1 Å². The van der Waals surface area contributed by atoms with Crippen LogP contribution in [0.15, 0.2) is 97.1 Å². The Morgan fingerprint density at radius 1 is 0.838 bits per heavy atom. The van der Waals surface area contributed by atoms with Gasteiger partial charge in [0.25, 0.3) is 0 Å². The standard InChI is InChI=1S/C30H24ClNO5/c31-20-13-15-21(16-14-20)37-28-12-6-1-7-19(28)17-27(29(33)34)32-30(35)36-18-26-24-10-4-2-8-22(24)23-9-3-5-11-25(23)26/h1-16,26-27H,17-18H2,(H,32,35)(H,33,34). The van der Waals surface area contributed by atoms with Crippen LogP contribution in [0.3, 0.4) is 0 Å². The summed E-state index contributed by atoms with van der Waals surface area (Å²) in [6.45, 7) is 0.0997. The fourth-order valence-corrected chi connectivity index (χ4v) is 4.73. The van der Waals surface area contributed by atoms with Gasteiger partial charge in [-0.3, -0.25) is 0 Å². The number of nitrogens with one attached hydrogen (secondary N) is 1. The summed E-state index contributed by atoms with van der Waals surface area (Å²) in [6.07, 6.45) is -0.770. The Balaban J connectivity index is 1.26. The van der Waals surface area contributed by atoms with Gasteiger partial charge in [0.1, 0.15) is 24.1 Å². The van der Waals surface area contributed by atoms with E-state index in [9.17, 15) is 14.7 Å². The molecule has 0 radical (unpaired) electrons. The Labute approximate surface area is 219 Å². The second-order valence-electron chi connectivity index (χ2n) is 8.73. The Bertz CT molecular complexity index is 1390. The summed E-state index contributed by atoms with van der Waals surface area (Å²) in [5, 5.41) is 12.9. The number of carbonyl (C=O) groups excluding carboxylic acids is 1. The zero-order valence-electron chi connectivity index (χ0n) is 19.8. The van der Waals surface area contributed by atoms with Gasteiger partial charge in [-0.05, 0) is 58.1 Å². The molecule has 0 bridgehead atoms. The van der Waals surface area contributed by atoms with E-state index < -0.39 is 18.1 Å². The van der Waals surface area contributed by atoms with Crippen molar-refractivity contribution in [3.05, 3.63) is 119 Å². The summed E-state index contributed by atoms with van der Waals surface area (Å²) < 4.78 is 11.5. The smallest absolute Gasteiger partial charge is 0.407 e. The van der Waals surface area contributed by atoms with Crippen molar-refractivity contribution in [2.75, 3.05) is 6.61 Å². The molecule has 0 aliphatic heterocycles. The van der Waals surface area contributed by atoms with Gasteiger partial charge in [-0.15, -0.1) is 0 Å². The molecule has 1 atom stereocenters. The zero-order chi connectivity index (χ0) is 25.8. The number of alkyl carbamates (subject to hydrolysis) is 1. The third kappa shape index (κ3) is 5.44. The van der Waals surface area contributed by atoms with Gasteiger partial charge in [0.05, 0.1) is 0 Å². The lowest BCUT2D eigenvalue weighted by Gasteiger charge is -2.18. The second kappa shape index (κ2) is 10.8. The topological polar surface area (TPSA) is 84.9 Å². The lowest BCUT2D eigenvalue weighted by molar-refractivity contribution is -0.139. The molecule has 1 amide bonds. The summed E-state index contributed by atoms with van der Waals surface area (Å²) in [6, 6.07) is 28.8. The fourth-order valence-electron chi connectivity index (χ4n) is 4.60. The molecule has 0 heterocycles. The Morgan fingerprint density at radius 3 is 2.08 bits per heavy atom. The third-order valence-corrected chi connectivity index (χ3v) is 6.62. The maximum Gasteiger partial charge on any atom is 0.407 e. The highest BCUT2D eigenvalue weighted by molar-refractivity contribution is 6.30. The van der Waals surface area contributed by atoms with Gasteiger partial charge in [-0.2, -0.15) is 0 Å². The van der Waals surface area contributed by atoms with Crippen LogP contribution >= 0.6 is 11.6 Å². The highest BCUT2D eigenvalue weighted by Crippen LogP contribution is 2.44. The van der Waals surface area contributed by atoms with Crippen LogP contribution in [0.5, 0.6) is 11.5 Å². The number of hydrogen-bond donors (Lipinski definition) is 2. The number of carboxylic acid groups (broad SMARTS) is 1. The maximum absolute atomic E-state index is 12.7. The van der Waals surface area contributed by atoms with Gasteiger partial charge in [0.15, 0.2) is 0 Å². The van der Waals surface area contributed by atoms with Crippen LogP contribution in [-0.4, -0.2) is 29.8 Å². The van der Waals surface area contributed by atoms with Gasteiger partial charge >= 0.3 is 12.1 Å². The predicted octanol–water partition coefficient (Wildman–Crippen LogP) is 6.67. The SMILES string of the molecule is O=C(NC(Cc1ccccc1Oc1ccc(Cl)cc1)C(=O)O)OCC1c2ccccc2-c2ccccc21. The number of halogens is 1. The molecule has 0 spiro atoms. The first-order chi connectivity index (χ1) is 18.0. The number of ether oxygens (including phenoxy) is 2. The molecule has 4 aromatic carbocycles. The zero-order valence-corrected chi connectivity index (χ0v) is 20.5. The van der Waals surface area contributed by atoms with Crippen LogP contribution < -0.4 is 10.1 Å². The third-order valence-electron chi connectivity index (χ3n) is 6.37. The van der Waals surface area contributed by atoms with E-state index in [1.54, 1.807) is 48.5 Å². The predicted molar refractivity (Wildman–Crippen MR) is 141 cm³/mol. The van der Waals surface area contributed by atoms with Crippen molar-refractivity contribution >= 4 is 23.7 Å². The van der Waals surface area contributed by atoms with Gasteiger partial charge in [-0.1, -0.05) is 78.3 Å². The van der Waals surface area contributed by atoms with Gasteiger partial charge < -0.3 is 19.9 Å². The first kappa shape index (κ1) is 24.4. The molecule has 7 heteroatoms.